The van der Waals surface area contributed by atoms with Crippen LogP contribution in [0.15, 0.2) is 24.3 Å². The summed E-state index contributed by atoms with van der Waals surface area (Å²) in [7, 11) is 2.10. The molecule has 0 bridgehead atoms. The molecule has 0 aliphatic heterocycles. The van der Waals surface area contributed by atoms with Crippen LogP contribution in [0.25, 0.3) is 0 Å². The van der Waals surface area contributed by atoms with Crippen molar-refractivity contribution in [2.75, 3.05) is 25.6 Å². The predicted molar refractivity (Wildman–Crippen MR) is 94.9 cm³/mol. The number of anilines is 1. The van der Waals surface area contributed by atoms with Crippen LogP contribution in [-0.2, 0) is 16.1 Å². The quantitative estimate of drug-likeness (QED) is 0.690. The van der Waals surface area contributed by atoms with Gasteiger partial charge in [0.05, 0.1) is 13.0 Å². The molecule has 0 spiro atoms. The third kappa shape index (κ3) is 7.33. The standard InChI is InChI=1S/C19H27F3N2O2/c1-24(16-8-3-2-4-9-16)13-15-7-5-6-10-17(15)23-18(25)11-12-26-14-19(20,21)22/h5-7,10,16H,2-4,8-9,11-14H2,1H3,(H,23,25). The van der Waals surface area contributed by atoms with Crippen LogP contribution in [0.4, 0.5) is 18.9 Å². The van der Waals surface area contributed by atoms with Crippen LogP contribution in [0, 0.1) is 0 Å². The number of carbonyl (C=O) groups is 1. The number of alkyl halides is 3. The maximum Gasteiger partial charge on any atom is 0.411 e. The van der Waals surface area contributed by atoms with E-state index in [1.165, 1.54) is 32.1 Å². The topological polar surface area (TPSA) is 41.6 Å². The molecule has 7 heteroatoms. The van der Waals surface area contributed by atoms with Crippen molar-refractivity contribution < 1.29 is 22.7 Å². The molecule has 1 N–H and O–H groups in total. The molecule has 1 aliphatic carbocycles. The van der Waals surface area contributed by atoms with Gasteiger partial charge in [0.1, 0.15) is 6.61 Å². The fraction of sp³-hybridized carbons (Fsp3) is 0.632. The molecule has 0 aromatic heterocycles. The van der Waals surface area contributed by atoms with Gasteiger partial charge in [-0.05, 0) is 31.5 Å². The zero-order valence-electron chi connectivity index (χ0n) is 15.1. The van der Waals surface area contributed by atoms with E-state index in [-0.39, 0.29) is 18.9 Å². The second kappa shape index (κ2) is 9.92. The molecule has 1 saturated carbocycles. The number of amides is 1. The minimum atomic E-state index is -4.37. The second-order valence-electron chi connectivity index (χ2n) is 6.83. The first-order valence-electron chi connectivity index (χ1n) is 9.07. The number of halogens is 3. The maximum absolute atomic E-state index is 12.0. The summed E-state index contributed by atoms with van der Waals surface area (Å²) < 4.78 is 40.6. The molecule has 0 saturated heterocycles. The minimum absolute atomic E-state index is 0.108. The van der Waals surface area contributed by atoms with Gasteiger partial charge >= 0.3 is 6.18 Å². The molecular formula is C19H27F3N2O2. The van der Waals surface area contributed by atoms with Crippen molar-refractivity contribution in [2.45, 2.75) is 57.3 Å². The smallest absolute Gasteiger partial charge is 0.372 e. The number of carbonyl (C=O) groups excluding carboxylic acids is 1. The number of ether oxygens (including phenoxy) is 1. The lowest BCUT2D eigenvalue weighted by molar-refractivity contribution is -0.174. The third-order valence-corrected chi connectivity index (χ3v) is 4.65. The molecule has 1 aliphatic rings. The molecule has 0 atom stereocenters. The molecule has 2 rings (SSSR count). The number of hydrogen-bond donors (Lipinski definition) is 1. The largest absolute Gasteiger partial charge is 0.411 e. The van der Waals surface area contributed by atoms with Crippen LogP contribution >= 0.6 is 0 Å². The van der Waals surface area contributed by atoms with Crippen molar-refractivity contribution >= 4 is 11.6 Å². The summed E-state index contributed by atoms with van der Waals surface area (Å²) >= 11 is 0. The van der Waals surface area contributed by atoms with E-state index < -0.39 is 12.8 Å². The van der Waals surface area contributed by atoms with Crippen molar-refractivity contribution in [1.29, 1.82) is 0 Å². The van der Waals surface area contributed by atoms with Crippen molar-refractivity contribution in [3.63, 3.8) is 0 Å². The van der Waals surface area contributed by atoms with Crippen molar-refractivity contribution in [3.05, 3.63) is 29.8 Å². The fourth-order valence-electron chi connectivity index (χ4n) is 3.27. The van der Waals surface area contributed by atoms with E-state index in [1.807, 2.05) is 24.3 Å². The molecule has 1 aromatic carbocycles. The predicted octanol–water partition coefficient (Wildman–Crippen LogP) is 4.36. The molecule has 146 valence electrons. The number of nitrogens with one attached hydrogen (secondary N) is 1. The Kier molecular flexibility index (Phi) is 7.90. The summed E-state index contributed by atoms with van der Waals surface area (Å²) in [5.74, 6) is -0.347. The lowest BCUT2D eigenvalue weighted by Gasteiger charge is -2.31. The Balaban J connectivity index is 1.84. The van der Waals surface area contributed by atoms with E-state index in [0.29, 0.717) is 11.7 Å². The first-order chi connectivity index (χ1) is 12.3. The Morgan fingerprint density at radius 1 is 1.23 bits per heavy atom. The van der Waals surface area contributed by atoms with Gasteiger partial charge in [0.2, 0.25) is 5.91 Å². The van der Waals surface area contributed by atoms with E-state index in [1.54, 1.807) is 0 Å². The Morgan fingerprint density at radius 3 is 2.62 bits per heavy atom. The molecule has 26 heavy (non-hydrogen) atoms. The molecule has 1 fully saturated rings. The van der Waals surface area contributed by atoms with E-state index in [4.69, 9.17) is 0 Å². The van der Waals surface area contributed by atoms with E-state index in [9.17, 15) is 18.0 Å². The number of nitrogens with zero attached hydrogens (tertiary/aromatic N) is 1. The van der Waals surface area contributed by atoms with Gasteiger partial charge in [-0.2, -0.15) is 13.2 Å². The second-order valence-corrected chi connectivity index (χ2v) is 6.83. The van der Waals surface area contributed by atoms with Crippen LogP contribution in [-0.4, -0.2) is 43.3 Å². The highest BCUT2D eigenvalue weighted by Gasteiger charge is 2.27. The van der Waals surface area contributed by atoms with E-state index in [0.717, 1.165) is 12.1 Å². The Bertz CT molecular complexity index is 572. The first kappa shape index (κ1) is 20.7. The molecule has 4 nitrogen and oxygen atoms in total. The van der Waals surface area contributed by atoms with Crippen LogP contribution in [0.3, 0.4) is 0 Å². The monoisotopic (exact) mass is 372 g/mol. The van der Waals surface area contributed by atoms with Gasteiger partial charge in [-0.15, -0.1) is 0 Å². The zero-order chi connectivity index (χ0) is 19.0. The lowest BCUT2D eigenvalue weighted by Crippen LogP contribution is -2.33. The highest BCUT2D eigenvalue weighted by Crippen LogP contribution is 2.25. The van der Waals surface area contributed by atoms with Crippen LogP contribution in [0.2, 0.25) is 0 Å². The summed E-state index contributed by atoms with van der Waals surface area (Å²) in [5, 5.41) is 2.79. The highest BCUT2D eigenvalue weighted by molar-refractivity contribution is 5.91. The fourth-order valence-corrected chi connectivity index (χ4v) is 3.27. The Labute approximate surface area is 152 Å². The summed E-state index contributed by atoms with van der Waals surface area (Å²) in [5.41, 5.74) is 1.71. The van der Waals surface area contributed by atoms with Crippen LogP contribution in [0.5, 0.6) is 0 Å². The van der Waals surface area contributed by atoms with Gasteiger partial charge < -0.3 is 10.1 Å². The Hall–Kier alpha value is -1.60. The third-order valence-electron chi connectivity index (χ3n) is 4.65. The van der Waals surface area contributed by atoms with Crippen molar-refractivity contribution in [2.24, 2.45) is 0 Å². The van der Waals surface area contributed by atoms with Crippen LogP contribution < -0.4 is 5.32 Å². The normalized spacial score (nSPS) is 16.0. The Morgan fingerprint density at radius 2 is 1.92 bits per heavy atom. The molecular weight excluding hydrogens is 345 g/mol. The van der Waals surface area contributed by atoms with Gasteiger partial charge in [-0.25, -0.2) is 0 Å². The number of hydrogen-bond acceptors (Lipinski definition) is 3. The van der Waals surface area contributed by atoms with Gasteiger partial charge in [0.25, 0.3) is 0 Å². The van der Waals surface area contributed by atoms with Crippen molar-refractivity contribution in [1.82, 2.24) is 4.90 Å². The molecule has 1 amide bonds. The van der Waals surface area contributed by atoms with E-state index >= 15 is 0 Å². The number of benzene rings is 1. The number of para-hydroxylation sites is 1. The molecule has 0 unspecified atom stereocenters. The summed E-state index contributed by atoms with van der Waals surface area (Å²) in [6.07, 6.45) is 1.73. The minimum Gasteiger partial charge on any atom is -0.372 e. The van der Waals surface area contributed by atoms with Crippen molar-refractivity contribution in [3.8, 4) is 0 Å². The lowest BCUT2D eigenvalue weighted by atomic mass is 9.94. The molecule has 0 radical (unpaired) electrons. The zero-order valence-corrected chi connectivity index (χ0v) is 15.1. The summed E-state index contributed by atoms with van der Waals surface area (Å²) in [6.45, 7) is -0.857. The summed E-state index contributed by atoms with van der Waals surface area (Å²) in [4.78, 5) is 14.3. The highest BCUT2D eigenvalue weighted by atomic mass is 19.4. The van der Waals surface area contributed by atoms with Gasteiger partial charge in [0, 0.05) is 18.3 Å². The van der Waals surface area contributed by atoms with Gasteiger partial charge in [-0.3, -0.25) is 9.69 Å². The van der Waals surface area contributed by atoms with Gasteiger partial charge in [0.15, 0.2) is 0 Å². The van der Waals surface area contributed by atoms with E-state index in [2.05, 4.69) is 22.0 Å². The van der Waals surface area contributed by atoms with Gasteiger partial charge in [-0.1, -0.05) is 37.5 Å². The SMILES string of the molecule is CN(Cc1ccccc1NC(=O)CCOCC(F)(F)F)C1CCCCC1. The average Bonchev–Trinajstić information content (AvgIpc) is 2.60. The first-order valence-corrected chi connectivity index (χ1v) is 9.07. The maximum atomic E-state index is 12.0. The average molecular weight is 372 g/mol. The summed E-state index contributed by atoms with van der Waals surface area (Å²) in [6, 6.07) is 8.10. The van der Waals surface area contributed by atoms with Crippen LogP contribution in [0.1, 0.15) is 44.1 Å². The number of rotatable bonds is 8. The molecule has 1 aromatic rings. The molecule has 0 heterocycles.